The topological polar surface area (TPSA) is 90.0 Å². The molecule has 1 aromatic rings. The third-order valence-corrected chi connectivity index (χ3v) is 9.11. The lowest BCUT2D eigenvalue weighted by Gasteiger charge is -2.37. The van der Waals surface area contributed by atoms with Crippen molar-refractivity contribution in [3.8, 4) is 0 Å². The largest absolute Gasteiger partial charge is 0.480 e. The Hall–Kier alpha value is -2.41. The van der Waals surface area contributed by atoms with Gasteiger partial charge in [-0.2, -0.15) is 0 Å². The second-order valence-corrected chi connectivity index (χ2v) is 11.4. The van der Waals surface area contributed by atoms with E-state index in [2.05, 4.69) is 5.32 Å². The van der Waals surface area contributed by atoms with Crippen molar-refractivity contribution in [3.05, 3.63) is 29.8 Å². The number of amides is 2. The molecule has 0 spiro atoms. The summed E-state index contributed by atoms with van der Waals surface area (Å²) in [6.45, 7) is 0. The van der Waals surface area contributed by atoms with Crippen LogP contribution in [0.4, 0.5) is 5.69 Å². The Morgan fingerprint density at radius 2 is 1.57 bits per heavy atom. The lowest BCUT2D eigenvalue weighted by Crippen LogP contribution is -2.57. The Morgan fingerprint density at radius 3 is 2.14 bits per heavy atom. The van der Waals surface area contributed by atoms with Crippen LogP contribution in [0.25, 0.3) is 0 Å². The first-order chi connectivity index (χ1) is 16.8. The van der Waals surface area contributed by atoms with E-state index in [9.17, 15) is 19.5 Å². The zero-order chi connectivity index (χ0) is 24.7. The number of hydrogen-bond acceptors (Lipinski definition) is 5. The third kappa shape index (κ3) is 4.15. The maximum Gasteiger partial charge on any atom is 0.324 e. The predicted molar refractivity (Wildman–Crippen MR) is 134 cm³/mol. The van der Waals surface area contributed by atoms with E-state index in [1.54, 1.807) is 0 Å². The summed E-state index contributed by atoms with van der Waals surface area (Å²) in [7, 11) is 3.94. The highest BCUT2D eigenvalue weighted by Gasteiger charge is 2.69. The summed E-state index contributed by atoms with van der Waals surface area (Å²) in [4.78, 5) is 44.4. The molecule has 7 nitrogen and oxygen atoms in total. The maximum atomic E-state index is 14.0. The Morgan fingerprint density at radius 1 is 0.971 bits per heavy atom. The molecule has 0 aromatic heterocycles. The summed E-state index contributed by atoms with van der Waals surface area (Å²) >= 11 is 0. The minimum Gasteiger partial charge on any atom is -0.480 e. The van der Waals surface area contributed by atoms with Crippen molar-refractivity contribution in [2.24, 2.45) is 17.8 Å². The highest BCUT2D eigenvalue weighted by Crippen LogP contribution is 2.53. The van der Waals surface area contributed by atoms with Gasteiger partial charge in [0.15, 0.2) is 0 Å². The molecular weight excluding hydrogens is 442 g/mol. The van der Waals surface area contributed by atoms with Gasteiger partial charge in [-0.15, -0.1) is 0 Å². The molecule has 4 unspecified atom stereocenters. The number of aliphatic carboxylic acids is 1. The number of carboxylic acid groups (broad SMARTS) is 1. The zero-order valence-electron chi connectivity index (χ0n) is 21.0. The van der Waals surface area contributed by atoms with E-state index in [0.717, 1.165) is 69.0 Å². The molecule has 5 rings (SSSR count). The molecular formula is C28H39N3O4. The van der Waals surface area contributed by atoms with E-state index in [1.165, 1.54) is 11.3 Å². The van der Waals surface area contributed by atoms with Crippen molar-refractivity contribution >= 4 is 23.5 Å². The molecule has 2 amide bonds. The Labute approximate surface area is 208 Å². The van der Waals surface area contributed by atoms with Crippen LogP contribution < -0.4 is 10.2 Å². The summed E-state index contributed by atoms with van der Waals surface area (Å²) < 4.78 is 0. The van der Waals surface area contributed by atoms with E-state index < -0.39 is 29.4 Å². The van der Waals surface area contributed by atoms with Crippen LogP contribution >= 0.6 is 0 Å². The number of carboxylic acids is 1. The van der Waals surface area contributed by atoms with Gasteiger partial charge in [0.1, 0.15) is 5.54 Å². The number of benzene rings is 1. The Bertz CT molecular complexity index is 965. The van der Waals surface area contributed by atoms with Crippen LogP contribution in [0.5, 0.6) is 0 Å². The molecule has 1 aromatic carbocycles. The number of nitrogens with zero attached hydrogens (tertiary/aromatic N) is 2. The molecule has 2 heterocycles. The number of carbonyl (C=O) groups is 3. The van der Waals surface area contributed by atoms with Crippen LogP contribution in [0.2, 0.25) is 0 Å². The first-order valence-electron chi connectivity index (χ1n) is 13.5. The first-order valence-corrected chi connectivity index (χ1v) is 13.5. The lowest BCUT2D eigenvalue weighted by molar-refractivity contribution is -0.153. The number of hydrogen-bond donors (Lipinski definition) is 2. The van der Waals surface area contributed by atoms with Crippen LogP contribution in [-0.4, -0.2) is 53.5 Å². The van der Waals surface area contributed by atoms with Crippen LogP contribution in [0, 0.1) is 17.8 Å². The van der Waals surface area contributed by atoms with Gasteiger partial charge < -0.3 is 10.0 Å². The van der Waals surface area contributed by atoms with Gasteiger partial charge >= 0.3 is 5.97 Å². The zero-order valence-corrected chi connectivity index (χ0v) is 21.0. The molecule has 4 fully saturated rings. The Balaban J connectivity index is 1.55. The smallest absolute Gasteiger partial charge is 0.324 e. The summed E-state index contributed by atoms with van der Waals surface area (Å²) in [5, 5.41) is 14.1. The van der Waals surface area contributed by atoms with Crippen LogP contribution in [0.15, 0.2) is 24.3 Å². The monoisotopic (exact) mass is 481 g/mol. The van der Waals surface area contributed by atoms with Crippen molar-refractivity contribution in [1.82, 2.24) is 10.2 Å². The Kier molecular flexibility index (Phi) is 6.64. The van der Waals surface area contributed by atoms with Crippen LogP contribution in [-0.2, 0) is 14.4 Å². The molecule has 2 N–H and O–H groups in total. The molecule has 2 aliphatic carbocycles. The molecule has 4 aliphatic rings. The van der Waals surface area contributed by atoms with Crippen molar-refractivity contribution in [3.63, 3.8) is 0 Å². The molecule has 4 atom stereocenters. The molecule has 0 bridgehead atoms. The first kappa shape index (κ1) is 24.3. The molecule has 0 radical (unpaired) electrons. The highest BCUT2D eigenvalue weighted by atomic mass is 16.4. The summed E-state index contributed by atoms with van der Waals surface area (Å²) in [5.41, 5.74) is 0.505. The van der Waals surface area contributed by atoms with Gasteiger partial charge in [-0.1, -0.05) is 63.5 Å². The number of nitrogens with one attached hydrogen (secondary N) is 1. The summed E-state index contributed by atoms with van der Waals surface area (Å²) in [6.07, 6.45) is 10.6. The summed E-state index contributed by atoms with van der Waals surface area (Å²) in [6, 6.07) is 7.36. The number of carbonyl (C=O) groups excluding carboxylic acids is 2. The molecule has 2 saturated carbocycles. The second kappa shape index (κ2) is 9.57. The predicted octanol–water partition coefficient (Wildman–Crippen LogP) is 4.12. The van der Waals surface area contributed by atoms with E-state index in [-0.39, 0.29) is 23.8 Å². The third-order valence-electron chi connectivity index (χ3n) is 9.11. The van der Waals surface area contributed by atoms with Gasteiger partial charge in [-0.25, -0.2) is 0 Å². The van der Waals surface area contributed by atoms with Crippen LogP contribution in [0.1, 0.15) is 82.2 Å². The SMILES string of the molecule is CN(C)c1ccc(C2NC(CC3CCCCC3)(C(=O)O)C3C(=O)N(C4CCCCC4)C(=O)C23)cc1. The van der Waals surface area contributed by atoms with Crippen molar-refractivity contribution < 1.29 is 19.5 Å². The van der Waals surface area contributed by atoms with E-state index >= 15 is 0 Å². The number of likely N-dealkylation sites (tertiary alicyclic amines) is 1. The lowest BCUT2D eigenvalue weighted by atomic mass is 9.72. The minimum atomic E-state index is -1.41. The number of fused-ring (bicyclic) bond motifs is 1. The van der Waals surface area contributed by atoms with Gasteiger partial charge in [0.25, 0.3) is 0 Å². The molecule has 7 heteroatoms. The van der Waals surface area contributed by atoms with Gasteiger partial charge in [0.05, 0.1) is 11.8 Å². The molecule has 35 heavy (non-hydrogen) atoms. The molecule has 2 aliphatic heterocycles. The number of anilines is 1. The second-order valence-electron chi connectivity index (χ2n) is 11.4. The van der Waals surface area contributed by atoms with Crippen LogP contribution in [0.3, 0.4) is 0 Å². The molecule has 2 saturated heterocycles. The van der Waals surface area contributed by atoms with Crippen molar-refractivity contribution in [2.75, 3.05) is 19.0 Å². The number of rotatable bonds is 6. The van der Waals surface area contributed by atoms with E-state index in [1.807, 2.05) is 43.3 Å². The normalized spacial score (nSPS) is 32.2. The minimum absolute atomic E-state index is 0.0905. The molecule has 190 valence electrons. The fourth-order valence-electron chi connectivity index (χ4n) is 7.31. The highest BCUT2D eigenvalue weighted by molar-refractivity contribution is 6.09. The van der Waals surface area contributed by atoms with Crippen molar-refractivity contribution in [2.45, 2.75) is 88.3 Å². The van der Waals surface area contributed by atoms with E-state index in [4.69, 9.17) is 0 Å². The maximum absolute atomic E-state index is 14.0. The summed E-state index contributed by atoms with van der Waals surface area (Å²) in [5.74, 6) is -2.69. The standard InChI is InChI=1S/C28H39N3O4/c1-30(2)20-15-13-19(14-16-20)24-22-23(26(33)31(25(22)32)21-11-7-4-8-12-21)28(29-24,27(34)35)17-18-9-5-3-6-10-18/h13-16,18,21-24,29H,3-12,17H2,1-2H3,(H,34,35). The average molecular weight is 482 g/mol. The van der Waals surface area contributed by atoms with Gasteiger partial charge in [-0.05, 0) is 42.9 Å². The van der Waals surface area contributed by atoms with Gasteiger partial charge in [0, 0.05) is 31.9 Å². The fraction of sp³-hybridized carbons (Fsp3) is 0.679. The van der Waals surface area contributed by atoms with Gasteiger partial charge in [0.2, 0.25) is 11.8 Å². The van der Waals surface area contributed by atoms with Crippen molar-refractivity contribution in [1.29, 1.82) is 0 Å². The average Bonchev–Trinajstić information content (AvgIpc) is 3.34. The quantitative estimate of drug-likeness (QED) is 0.594. The van der Waals surface area contributed by atoms with Gasteiger partial charge in [-0.3, -0.25) is 24.6 Å². The number of imide groups is 1. The van der Waals surface area contributed by atoms with E-state index in [0.29, 0.717) is 6.42 Å². The fourth-order valence-corrected chi connectivity index (χ4v) is 7.31.